The van der Waals surface area contributed by atoms with Crippen LogP contribution >= 0.6 is 0 Å². The minimum Gasteiger partial charge on any atom is -0.327 e. The number of rotatable bonds is 2. The summed E-state index contributed by atoms with van der Waals surface area (Å²) in [6.45, 7) is 1.92. The molecule has 2 rings (SSSR count). The number of anilines is 1. The number of aryl methyl sites for hydroxylation is 1. The lowest BCUT2D eigenvalue weighted by Crippen LogP contribution is -2.37. The lowest BCUT2D eigenvalue weighted by molar-refractivity contribution is -0.120. The van der Waals surface area contributed by atoms with E-state index in [0.717, 1.165) is 37.1 Å². The molecule has 1 amide bonds. The van der Waals surface area contributed by atoms with Gasteiger partial charge in [-0.2, -0.15) is 0 Å². The van der Waals surface area contributed by atoms with Gasteiger partial charge in [0.05, 0.1) is 17.8 Å². The van der Waals surface area contributed by atoms with Gasteiger partial charge in [-0.1, -0.05) is 19.3 Å². The van der Waals surface area contributed by atoms with E-state index in [-0.39, 0.29) is 17.9 Å². The highest BCUT2D eigenvalue weighted by atomic mass is 16.1. The second-order valence-corrected chi connectivity index (χ2v) is 5.09. The molecule has 2 atom stereocenters. The maximum atomic E-state index is 12.2. The fraction of sp³-hybridized carbons (Fsp3) is 0.571. The molecule has 1 saturated carbocycles. The van der Waals surface area contributed by atoms with Crippen molar-refractivity contribution in [1.29, 1.82) is 0 Å². The van der Waals surface area contributed by atoms with E-state index in [1.807, 2.05) is 19.1 Å². The minimum absolute atomic E-state index is 0.00842. The molecule has 1 aliphatic rings. The fourth-order valence-corrected chi connectivity index (χ4v) is 2.44. The maximum Gasteiger partial charge on any atom is 0.229 e. The molecular weight excluding hydrogens is 226 g/mol. The Bertz CT molecular complexity index is 402. The van der Waals surface area contributed by atoms with Crippen LogP contribution in [-0.4, -0.2) is 16.9 Å². The van der Waals surface area contributed by atoms with E-state index in [1.54, 1.807) is 6.20 Å². The Hall–Kier alpha value is -1.42. The van der Waals surface area contributed by atoms with Gasteiger partial charge in [-0.15, -0.1) is 0 Å². The van der Waals surface area contributed by atoms with Crippen LogP contribution in [0.25, 0.3) is 0 Å². The van der Waals surface area contributed by atoms with Gasteiger partial charge < -0.3 is 11.1 Å². The molecule has 0 radical (unpaired) electrons. The van der Waals surface area contributed by atoms with Crippen LogP contribution in [0.1, 0.15) is 37.8 Å². The van der Waals surface area contributed by atoms with Gasteiger partial charge in [0.2, 0.25) is 5.91 Å². The van der Waals surface area contributed by atoms with Crippen LogP contribution in [0.3, 0.4) is 0 Å². The predicted octanol–water partition coefficient (Wildman–Crippen LogP) is 2.24. The van der Waals surface area contributed by atoms with Crippen molar-refractivity contribution >= 4 is 11.6 Å². The number of pyridine rings is 1. The fourth-order valence-electron chi connectivity index (χ4n) is 2.44. The Labute approximate surface area is 108 Å². The summed E-state index contributed by atoms with van der Waals surface area (Å²) in [6, 6.07) is 3.76. The SMILES string of the molecule is Cc1ccc(NC(=O)C2CCCCCC2N)cn1. The molecule has 1 aliphatic carbocycles. The molecule has 4 heteroatoms. The molecule has 0 aromatic carbocycles. The number of nitrogens with one attached hydrogen (secondary N) is 1. The molecule has 0 saturated heterocycles. The molecule has 0 aliphatic heterocycles. The van der Waals surface area contributed by atoms with Gasteiger partial charge in [0.15, 0.2) is 0 Å². The van der Waals surface area contributed by atoms with Gasteiger partial charge in [0.25, 0.3) is 0 Å². The molecule has 0 bridgehead atoms. The number of amides is 1. The number of carbonyl (C=O) groups excluding carboxylic acids is 1. The van der Waals surface area contributed by atoms with E-state index in [1.165, 1.54) is 6.42 Å². The summed E-state index contributed by atoms with van der Waals surface area (Å²) >= 11 is 0. The van der Waals surface area contributed by atoms with E-state index in [0.29, 0.717) is 0 Å². The first-order valence-corrected chi connectivity index (χ1v) is 6.66. The third-order valence-electron chi connectivity index (χ3n) is 3.59. The van der Waals surface area contributed by atoms with Crippen LogP contribution in [0.5, 0.6) is 0 Å². The van der Waals surface area contributed by atoms with Crippen molar-refractivity contribution in [3.8, 4) is 0 Å². The highest BCUT2D eigenvalue weighted by Crippen LogP contribution is 2.23. The average molecular weight is 247 g/mol. The van der Waals surface area contributed by atoms with Crippen LogP contribution in [0, 0.1) is 12.8 Å². The number of nitrogens with two attached hydrogens (primary N) is 1. The van der Waals surface area contributed by atoms with Crippen LogP contribution < -0.4 is 11.1 Å². The summed E-state index contributed by atoms with van der Waals surface area (Å²) in [4.78, 5) is 16.4. The van der Waals surface area contributed by atoms with Crippen LogP contribution in [-0.2, 0) is 4.79 Å². The lowest BCUT2D eigenvalue weighted by Gasteiger charge is -2.20. The predicted molar refractivity (Wildman–Crippen MR) is 72.2 cm³/mol. The van der Waals surface area contributed by atoms with Crippen LogP contribution in [0.2, 0.25) is 0 Å². The van der Waals surface area contributed by atoms with Gasteiger partial charge in [0, 0.05) is 11.7 Å². The van der Waals surface area contributed by atoms with Crippen molar-refractivity contribution in [2.24, 2.45) is 11.7 Å². The summed E-state index contributed by atoms with van der Waals surface area (Å²) in [5.41, 5.74) is 7.78. The summed E-state index contributed by atoms with van der Waals surface area (Å²) in [6.07, 6.45) is 6.95. The number of carbonyl (C=O) groups is 1. The molecule has 4 nitrogen and oxygen atoms in total. The van der Waals surface area contributed by atoms with Crippen LogP contribution in [0.4, 0.5) is 5.69 Å². The molecule has 2 unspecified atom stereocenters. The first-order valence-electron chi connectivity index (χ1n) is 6.66. The smallest absolute Gasteiger partial charge is 0.229 e. The van der Waals surface area contributed by atoms with Crippen molar-refractivity contribution in [3.63, 3.8) is 0 Å². The van der Waals surface area contributed by atoms with E-state index in [4.69, 9.17) is 5.73 Å². The van der Waals surface area contributed by atoms with Gasteiger partial charge in [-0.3, -0.25) is 9.78 Å². The zero-order valence-corrected chi connectivity index (χ0v) is 10.9. The normalized spacial score (nSPS) is 24.3. The maximum absolute atomic E-state index is 12.2. The quantitative estimate of drug-likeness (QED) is 0.787. The van der Waals surface area contributed by atoms with Gasteiger partial charge in [-0.25, -0.2) is 0 Å². The van der Waals surface area contributed by atoms with Gasteiger partial charge >= 0.3 is 0 Å². The zero-order valence-electron chi connectivity index (χ0n) is 10.9. The highest BCUT2D eigenvalue weighted by Gasteiger charge is 2.26. The Kier molecular flexibility index (Phi) is 4.31. The Morgan fingerprint density at radius 1 is 1.33 bits per heavy atom. The third-order valence-corrected chi connectivity index (χ3v) is 3.59. The summed E-state index contributed by atoms with van der Waals surface area (Å²) in [5.74, 6) is -0.0242. The molecule has 1 aromatic heterocycles. The van der Waals surface area contributed by atoms with Crippen molar-refractivity contribution in [2.45, 2.75) is 45.1 Å². The molecule has 98 valence electrons. The molecular formula is C14H21N3O. The first kappa shape index (κ1) is 13.0. The van der Waals surface area contributed by atoms with Crippen molar-refractivity contribution in [1.82, 2.24) is 4.98 Å². The Morgan fingerprint density at radius 3 is 2.83 bits per heavy atom. The van der Waals surface area contributed by atoms with Crippen molar-refractivity contribution in [2.75, 3.05) is 5.32 Å². The molecule has 1 fully saturated rings. The molecule has 18 heavy (non-hydrogen) atoms. The Morgan fingerprint density at radius 2 is 2.11 bits per heavy atom. The lowest BCUT2D eigenvalue weighted by atomic mass is 9.94. The molecule has 1 aromatic rings. The topological polar surface area (TPSA) is 68.0 Å². The second-order valence-electron chi connectivity index (χ2n) is 5.09. The minimum atomic E-state index is -0.0613. The number of hydrogen-bond acceptors (Lipinski definition) is 3. The third kappa shape index (κ3) is 3.29. The number of aromatic nitrogens is 1. The number of hydrogen-bond donors (Lipinski definition) is 2. The number of nitrogens with zero attached hydrogens (tertiary/aromatic N) is 1. The summed E-state index contributed by atoms with van der Waals surface area (Å²) < 4.78 is 0. The van der Waals surface area contributed by atoms with Gasteiger partial charge in [-0.05, 0) is 31.9 Å². The van der Waals surface area contributed by atoms with Crippen molar-refractivity contribution in [3.05, 3.63) is 24.0 Å². The van der Waals surface area contributed by atoms with E-state index in [9.17, 15) is 4.79 Å². The first-order chi connectivity index (χ1) is 8.66. The van der Waals surface area contributed by atoms with Gasteiger partial charge in [0.1, 0.15) is 0 Å². The molecule has 0 spiro atoms. The van der Waals surface area contributed by atoms with E-state index < -0.39 is 0 Å². The highest BCUT2D eigenvalue weighted by molar-refractivity contribution is 5.92. The molecule has 1 heterocycles. The largest absolute Gasteiger partial charge is 0.327 e. The summed E-state index contributed by atoms with van der Waals surface area (Å²) in [5, 5.41) is 2.92. The van der Waals surface area contributed by atoms with E-state index in [2.05, 4.69) is 10.3 Å². The van der Waals surface area contributed by atoms with Crippen molar-refractivity contribution < 1.29 is 4.79 Å². The summed E-state index contributed by atoms with van der Waals surface area (Å²) in [7, 11) is 0. The molecule has 3 N–H and O–H groups in total. The van der Waals surface area contributed by atoms with E-state index >= 15 is 0 Å². The van der Waals surface area contributed by atoms with Crippen LogP contribution in [0.15, 0.2) is 18.3 Å². The zero-order chi connectivity index (χ0) is 13.0. The standard InChI is InChI=1S/C14H21N3O/c1-10-7-8-11(9-16-10)17-14(18)12-5-3-2-4-6-13(12)15/h7-9,12-13H,2-6,15H2,1H3,(H,17,18). The average Bonchev–Trinajstić information content (AvgIpc) is 2.57. The second kappa shape index (κ2) is 5.96. The monoisotopic (exact) mass is 247 g/mol. The Balaban J connectivity index is 1.99.